The van der Waals surface area contributed by atoms with E-state index in [0.717, 1.165) is 37.3 Å². The molecular weight excluding hydrogens is 379 g/mol. The lowest BCUT2D eigenvalue weighted by molar-refractivity contribution is -0.123. The van der Waals surface area contributed by atoms with E-state index < -0.39 is 41.1 Å². The van der Waals surface area contributed by atoms with Gasteiger partial charge in [-0.3, -0.25) is 4.79 Å². The van der Waals surface area contributed by atoms with Gasteiger partial charge in [-0.25, -0.2) is 18.0 Å². The number of anilines is 1. The Morgan fingerprint density at radius 2 is 1.85 bits per heavy atom. The molecule has 0 saturated carbocycles. The number of aryl methyl sites for hydroxylation is 2. The SMILES string of the molecule is CC(OC(=O)c1cc2c(s1)CCCCC2)C(=O)Nc1ccc(F)c(F)c1F. The van der Waals surface area contributed by atoms with Gasteiger partial charge in [-0.2, -0.15) is 0 Å². The van der Waals surface area contributed by atoms with E-state index in [4.69, 9.17) is 4.74 Å². The van der Waals surface area contributed by atoms with Gasteiger partial charge in [-0.05, 0) is 56.4 Å². The molecule has 1 unspecified atom stereocenters. The fourth-order valence-electron chi connectivity index (χ4n) is 2.90. The number of rotatable bonds is 4. The molecule has 1 heterocycles. The third-order valence-corrected chi connectivity index (χ3v) is 5.61. The van der Waals surface area contributed by atoms with Gasteiger partial charge < -0.3 is 10.1 Å². The average molecular weight is 397 g/mol. The summed E-state index contributed by atoms with van der Waals surface area (Å²) in [6, 6.07) is 3.40. The predicted molar refractivity (Wildman–Crippen MR) is 95.4 cm³/mol. The van der Waals surface area contributed by atoms with Gasteiger partial charge in [-0.15, -0.1) is 11.3 Å². The third kappa shape index (κ3) is 4.32. The largest absolute Gasteiger partial charge is 0.448 e. The highest BCUT2D eigenvalue weighted by Gasteiger charge is 2.24. The van der Waals surface area contributed by atoms with Crippen molar-refractivity contribution >= 4 is 28.9 Å². The molecule has 1 amide bonds. The summed E-state index contributed by atoms with van der Waals surface area (Å²) in [5, 5.41) is 2.10. The van der Waals surface area contributed by atoms with Crippen LogP contribution in [0.1, 0.15) is 46.3 Å². The van der Waals surface area contributed by atoms with Crippen molar-refractivity contribution in [2.75, 3.05) is 5.32 Å². The van der Waals surface area contributed by atoms with E-state index in [1.54, 1.807) is 6.07 Å². The summed E-state index contributed by atoms with van der Waals surface area (Å²) in [6.45, 7) is 1.32. The lowest BCUT2D eigenvalue weighted by Gasteiger charge is -2.13. The van der Waals surface area contributed by atoms with Gasteiger partial charge in [0.2, 0.25) is 0 Å². The molecule has 0 saturated heterocycles. The van der Waals surface area contributed by atoms with Gasteiger partial charge in [0, 0.05) is 4.88 Å². The molecule has 0 radical (unpaired) electrons. The predicted octanol–water partition coefficient (Wildman–Crippen LogP) is 4.62. The van der Waals surface area contributed by atoms with Crippen molar-refractivity contribution in [3.63, 3.8) is 0 Å². The summed E-state index contributed by atoms with van der Waals surface area (Å²) in [4.78, 5) is 26.0. The van der Waals surface area contributed by atoms with Crippen molar-refractivity contribution in [3.8, 4) is 0 Å². The summed E-state index contributed by atoms with van der Waals surface area (Å²) in [5.74, 6) is -6.03. The Hall–Kier alpha value is -2.35. The van der Waals surface area contributed by atoms with Crippen LogP contribution in [0, 0.1) is 17.5 Å². The standard InChI is InChI=1S/C19H18F3NO3S/c1-10(18(24)23-13-8-7-12(20)16(21)17(13)22)26-19(25)15-9-11-5-3-2-4-6-14(11)27-15/h7-10H,2-6H2,1H3,(H,23,24). The van der Waals surface area contributed by atoms with Crippen LogP contribution in [-0.2, 0) is 22.4 Å². The Kier molecular flexibility index (Phi) is 5.84. The van der Waals surface area contributed by atoms with Crippen molar-refractivity contribution in [1.82, 2.24) is 0 Å². The van der Waals surface area contributed by atoms with Crippen molar-refractivity contribution < 1.29 is 27.5 Å². The Morgan fingerprint density at radius 3 is 2.63 bits per heavy atom. The van der Waals surface area contributed by atoms with E-state index in [1.807, 2.05) is 0 Å². The first-order valence-electron chi connectivity index (χ1n) is 8.63. The van der Waals surface area contributed by atoms with Crippen LogP contribution in [0.3, 0.4) is 0 Å². The molecule has 1 aromatic carbocycles. The van der Waals surface area contributed by atoms with Crippen molar-refractivity contribution in [1.29, 1.82) is 0 Å². The molecule has 1 N–H and O–H groups in total. The van der Waals surface area contributed by atoms with Gasteiger partial charge >= 0.3 is 5.97 Å². The number of carbonyl (C=O) groups excluding carboxylic acids is 2. The van der Waals surface area contributed by atoms with Crippen molar-refractivity contribution in [3.05, 3.63) is 51.0 Å². The smallest absolute Gasteiger partial charge is 0.349 e. The van der Waals surface area contributed by atoms with Gasteiger partial charge in [0.05, 0.1) is 5.69 Å². The van der Waals surface area contributed by atoms with Gasteiger partial charge in [0.15, 0.2) is 23.6 Å². The molecule has 8 heteroatoms. The second-order valence-electron chi connectivity index (χ2n) is 6.38. The number of amides is 1. The summed E-state index contributed by atoms with van der Waals surface area (Å²) < 4.78 is 45.0. The van der Waals surface area contributed by atoms with Crippen LogP contribution in [0.5, 0.6) is 0 Å². The molecule has 0 spiro atoms. The first kappa shape index (κ1) is 19.4. The number of halogens is 3. The maximum Gasteiger partial charge on any atom is 0.349 e. The monoisotopic (exact) mass is 397 g/mol. The summed E-state index contributed by atoms with van der Waals surface area (Å²) in [7, 11) is 0. The first-order chi connectivity index (χ1) is 12.9. The Balaban J connectivity index is 1.64. The molecule has 1 aliphatic rings. The van der Waals surface area contributed by atoms with Crippen LogP contribution in [0.2, 0.25) is 0 Å². The minimum Gasteiger partial charge on any atom is -0.448 e. The van der Waals surface area contributed by atoms with Crippen LogP contribution in [-0.4, -0.2) is 18.0 Å². The number of esters is 1. The number of ether oxygens (including phenoxy) is 1. The van der Waals surface area contributed by atoms with E-state index in [9.17, 15) is 22.8 Å². The average Bonchev–Trinajstić information content (AvgIpc) is 2.93. The van der Waals surface area contributed by atoms with Crippen molar-refractivity contribution in [2.24, 2.45) is 0 Å². The number of carbonyl (C=O) groups is 2. The van der Waals surface area contributed by atoms with Crippen LogP contribution >= 0.6 is 11.3 Å². The normalized spacial score (nSPS) is 14.8. The molecule has 1 aromatic heterocycles. The summed E-state index contributed by atoms with van der Waals surface area (Å²) in [6.07, 6.45) is 3.95. The van der Waals surface area contributed by atoms with Crippen LogP contribution in [0.15, 0.2) is 18.2 Å². The quantitative estimate of drug-likeness (QED) is 0.465. The molecule has 27 heavy (non-hydrogen) atoms. The molecule has 0 fully saturated rings. The van der Waals surface area contributed by atoms with Crippen LogP contribution in [0.25, 0.3) is 0 Å². The van der Waals surface area contributed by atoms with Gasteiger partial charge in [0.25, 0.3) is 5.91 Å². The maximum absolute atomic E-state index is 13.6. The maximum atomic E-state index is 13.6. The van der Waals surface area contributed by atoms with E-state index in [1.165, 1.54) is 29.6 Å². The second-order valence-corrected chi connectivity index (χ2v) is 7.52. The Bertz CT molecular complexity index is 858. The van der Waals surface area contributed by atoms with E-state index in [0.29, 0.717) is 10.9 Å². The van der Waals surface area contributed by atoms with E-state index in [-0.39, 0.29) is 0 Å². The molecule has 1 aliphatic carbocycles. The fraction of sp³-hybridized carbons (Fsp3) is 0.368. The molecule has 144 valence electrons. The van der Waals surface area contributed by atoms with Crippen LogP contribution in [0.4, 0.5) is 18.9 Å². The highest BCUT2D eigenvalue weighted by molar-refractivity contribution is 7.14. The zero-order chi connectivity index (χ0) is 19.6. The lowest BCUT2D eigenvalue weighted by Crippen LogP contribution is -2.30. The molecule has 0 bridgehead atoms. The number of thiophene rings is 1. The molecular formula is C19H18F3NO3S. The zero-order valence-electron chi connectivity index (χ0n) is 14.6. The number of nitrogens with one attached hydrogen (secondary N) is 1. The minimum atomic E-state index is -1.68. The Labute approximate surface area is 158 Å². The topological polar surface area (TPSA) is 55.4 Å². The number of hydrogen-bond acceptors (Lipinski definition) is 4. The zero-order valence-corrected chi connectivity index (χ0v) is 15.4. The lowest BCUT2D eigenvalue weighted by atomic mass is 10.1. The fourth-order valence-corrected chi connectivity index (χ4v) is 4.03. The minimum absolute atomic E-state index is 0.417. The highest BCUT2D eigenvalue weighted by atomic mass is 32.1. The van der Waals surface area contributed by atoms with Gasteiger partial charge in [-0.1, -0.05) is 6.42 Å². The summed E-state index contributed by atoms with van der Waals surface area (Å²) >= 11 is 1.36. The second kappa shape index (κ2) is 8.12. The number of benzene rings is 1. The summed E-state index contributed by atoms with van der Waals surface area (Å²) in [5.41, 5.74) is 0.620. The Morgan fingerprint density at radius 1 is 1.11 bits per heavy atom. The first-order valence-corrected chi connectivity index (χ1v) is 9.45. The molecule has 3 rings (SSSR count). The van der Waals surface area contributed by atoms with Gasteiger partial charge in [0.1, 0.15) is 4.88 Å². The molecule has 2 aromatic rings. The van der Waals surface area contributed by atoms with E-state index in [2.05, 4.69) is 5.32 Å². The number of hydrogen-bond donors (Lipinski definition) is 1. The molecule has 4 nitrogen and oxygen atoms in total. The van der Waals surface area contributed by atoms with Crippen LogP contribution < -0.4 is 5.32 Å². The van der Waals surface area contributed by atoms with E-state index >= 15 is 0 Å². The third-order valence-electron chi connectivity index (χ3n) is 4.39. The number of fused-ring (bicyclic) bond motifs is 1. The molecule has 1 atom stereocenters. The van der Waals surface area contributed by atoms with Crippen molar-refractivity contribution in [2.45, 2.75) is 45.1 Å². The highest BCUT2D eigenvalue weighted by Crippen LogP contribution is 2.29. The molecule has 0 aliphatic heterocycles.